The van der Waals surface area contributed by atoms with Gasteiger partial charge in [0.25, 0.3) is 0 Å². The number of hydrogen-bond acceptors (Lipinski definition) is 5. The van der Waals surface area contributed by atoms with Crippen molar-refractivity contribution in [1.82, 2.24) is 9.80 Å². The molecule has 4 aliphatic rings. The first kappa shape index (κ1) is 21.5. The minimum Gasteiger partial charge on any atom is -0.376 e. The van der Waals surface area contributed by atoms with E-state index in [1.54, 1.807) is 0 Å². The van der Waals surface area contributed by atoms with Gasteiger partial charge in [0, 0.05) is 72.8 Å². The maximum absolute atomic E-state index is 2.59. The molecule has 0 aromatic heterocycles. The molecular weight excluding hydrogens is 465 g/mol. The molecule has 6 heteroatoms. The van der Waals surface area contributed by atoms with Gasteiger partial charge in [0.2, 0.25) is 0 Å². The van der Waals surface area contributed by atoms with Crippen molar-refractivity contribution in [1.29, 1.82) is 0 Å². The Bertz CT molecular complexity index is 1540. The van der Waals surface area contributed by atoms with Gasteiger partial charge < -0.3 is 24.4 Å². The van der Waals surface area contributed by atoms with Crippen molar-refractivity contribution in [2.24, 2.45) is 0 Å². The zero-order valence-corrected chi connectivity index (χ0v) is 21.6. The molecule has 38 heavy (non-hydrogen) atoms. The molecule has 0 fully saturated rings. The second-order valence-electron chi connectivity index (χ2n) is 10.7. The lowest BCUT2D eigenvalue weighted by atomic mass is 9.43. The molecule has 0 aliphatic carbocycles. The molecule has 0 saturated heterocycles. The highest BCUT2D eigenvalue weighted by atomic mass is 15.3. The minimum atomic E-state index is 0.112. The molecule has 4 aliphatic heterocycles. The molecule has 8 rings (SSSR count). The minimum absolute atomic E-state index is 0.112. The maximum Gasteiger partial charge on any atom is 0.329 e. The maximum atomic E-state index is 2.59. The lowest BCUT2D eigenvalue weighted by molar-refractivity contribution is 0.496. The first-order chi connectivity index (χ1) is 18.7. The number of nitrogens with zero attached hydrogens (tertiary/aromatic N) is 5. The van der Waals surface area contributed by atoms with Gasteiger partial charge in [0.15, 0.2) is 0 Å². The van der Waals surface area contributed by atoms with Crippen LogP contribution in [0.5, 0.6) is 0 Å². The van der Waals surface area contributed by atoms with Crippen molar-refractivity contribution in [3.8, 4) is 22.3 Å². The van der Waals surface area contributed by atoms with Gasteiger partial charge in [-0.1, -0.05) is 60.7 Å². The first-order valence-corrected chi connectivity index (χ1v) is 13.2. The molecule has 0 bridgehead atoms. The van der Waals surface area contributed by atoms with Gasteiger partial charge in [-0.25, -0.2) is 0 Å². The van der Waals surface area contributed by atoms with E-state index >= 15 is 0 Å². The number of hydrogen-bond donors (Lipinski definition) is 0. The molecule has 0 unspecified atom stereocenters. The van der Waals surface area contributed by atoms with Crippen molar-refractivity contribution in [3.63, 3.8) is 0 Å². The highest BCUT2D eigenvalue weighted by Crippen LogP contribution is 2.48. The summed E-state index contributed by atoms with van der Waals surface area (Å²) >= 11 is 0. The van der Waals surface area contributed by atoms with Crippen LogP contribution in [0, 0.1) is 0 Å². The topological polar surface area (TPSA) is 16.2 Å². The van der Waals surface area contributed by atoms with Crippen molar-refractivity contribution in [3.05, 3.63) is 110 Å². The van der Waals surface area contributed by atoms with Gasteiger partial charge in [0.05, 0.1) is 13.3 Å². The number of fused-ring (bicyclic) bond motifs is 11. The Balaban J connectivity index is 1.39. The van der Waals surface area contributed by atoms with Crippen LogP contribution in [0.4, 0.5) is 22.7 Å². The normalized spacial score (nSPS) is 16.5. The molecule has 0 atom stereocenters. The quantitative estimate of drug-likeness (QED) is 0.366. The Kier molecular flexibility index (Phi) is 4.50. The standard InChI is InChI=1S/C32H28BN5/c1-34-15-17-36(21-34)23-11-13-27-25-7-3-5-9-29(25)33-30-10-6-4-8-26(30)28-14-12-24(37-18-16-35(2)22-37)20-32(28)38(33)31(27)19-23/h3-20H,21-22H2,1-2H3. The molecule has 5 nitrogen and oxygen atoms in total. The van der Waals surface area contributed by atoms with Crippen LogP contribution in [0.2, 0.25) is 0 Å². The summed E-state index contributed by atoms with van der Waals surface area (Å²) in [5, 5.41) is 0. The van der Waals surface area contributed by atoms with E-state index in [4.69, 9.17) is 0 Å². The molecule has 4 aromatic rings. The molecule has 0 radical (unpaired) electrons. The van der Waals surface area contributed by atoms with Gasteiger partial charge in [-0.3, -0.25) is 0 Å². The summed E-state index contributed by atoms with van der Waals surface area (Å²) in [6, 6.07) is 31.8. The summed E-state index contributed by atoms with van der Waals surface area (Å²) in [4.78, 5) is 11.6. The molecule has 0 N–H and O–H groups in total. The van der Waals surface area contributed by atoms with Crippen LogP contribution >= 0.6 is 0 Å². The summed E-state index contributed by atoms with van der Waals surface area (Å²) in [6.45, 7) is 1.83. The fourth-order valence-corrected chi connectivity index (χ4v) is 6.46. The van der Waals surface area contributed by atoms with Crippen LogP contribution in [-0.4, -0.2) is 44.1 Å². The van der Waals surface area contributed by atoms with Crippen molar-refractivity contribution in [2.45, 2.75) is 0 Å². The van der Waals surface area contributed by atoms with E-state index in [0.29, 0.717) is 0 Å². The lowest BCUT2D eigenvalue weighted by Gasteiger charge is -2.44. The average Bonchev–Trinajstić information content (AvgIpc) is 3.60. The molecular formula is C32H28BN5. The number of benzene rings is 4. The predicted molar refractivity (Wildman–Crippen MR) is 159 cm³/mol. The van der Waals surface area contributed by atoms with Crippen LogP contribution in [0.3, 0.4) is 0 Å². The van der Waals surface area contributed by atoms with Gasteiger partial charge >= 0.3 is 6.85 Å². The second-order valence-corrected chi connectivity index (χ2v) is 10.7. The summed E-state index contributed by atoms with van der Waals surface area (Å²) in [6.07, 6.45) is 8.61. The second kappa shape index (κ2) is 7.96. The number of rotatable bonds is 2. The Hall–Kier alpha value is -4.58. The first-order valence-electron chi connectivity index (χ1n) is 13.2. The zero-order valence-electron chi connectivity index (χ0n) is 21.6. The smallest absolute Gasteiger partial charge is 0.329 e. The fourth-order valence-electron chi connectivity index (χ4n) is 6.46. The van der Waals surface area contributed by atoms with E-state index < -0.39 is 0 Å². The molecule has 4 aromatic carbocycles. The molecule has 0 amide bonds. The largest absolute Gasteiger partial charge is 0.376 e. The number of anilines is 4. The van der Waals surface area contributed by atoms with Crippen LogP contribution < -0.4 is 25.5 Å². The van der Waals surface area contributed by atoms with E-state index in [9.17, 15) is 0 Å². The summed E-state index contributed by atoms with van der Waals surface area (Å²) in [7, 11) is 4.23. The predicted octanol–water partition coefficient (Wildman–Crippen LogP) is 4.95. The summed E-state index contributed by atoms with van der Waals surface area (Å²) in [5.41, 5.74) is 12.9. The average molecular weight is 493 g/mol. The van der Waals surface area contributed by atoms with E-state index in [1.165, 1.54) is 55.9 Å². The third-order valence-electron chi connectivity index (χ3n) is 8.25. The highest BCUT2D eigenvalue weighted by Gasteiger charge is 2.42. The Morgan fingerprint density at radius 1 is 0.526 bits per heavy atom. The third-order valence-corrected chi connectivity index (χ3v) is 8.25. The molecule has 0 saturated carbocycles. The monoisotopic (exact) mass is 493 g/mol. The molecule has 0 spiro atoms. The van der Waals surface area contributed by atoms with Crippen LogP contribution in [0.1, 0.15) is 0 Å². The molecule has 184 valence electrons. The van der Waals surface area contributed by atoms with Crippen molar-refractivity contribution >= 4 is 40.5 Å². The van der Waals surface area contributed by atoms with Gasteiger partial charge in [-0.05, 0) is 46.3 Å². The Morgan fingerprint density at radius 3 is 1.45 bits per heavy atom. The van der Waals surface area contributed by atoms with Gasteiger partial charge in [0.1, 0.15) is 0 Å². The lowest BCUT2D eigenvalue weighted by Crippen LogP contribution is -2.59. The fraction of sp³-hybridized carbons (Fsp3) is 0.125. The van der Waals surface area contributed by atoms with Crippen LogP contribution in [-0.2, 0) is 0 Å². The van der Waals surface area contributed by atoms with Crippen LogP contribution in [0.25, 0.3) is 22.3 Å². The van der Waals surface area contributed by atoms with Crippen molar-refractivity contribution < 1.29 is 0 Å². The highest BCUT2D eigenvalue weighted by molar-refractivity contribution is 6.92. The van der Waals surface area contributed by atoms with Crippen molar-refractivity contribution in [2.75, 3.05) is 42.0 Å². The van der Waals surface area contributed by atoms with Gasteiger partial charge in [-0.15, -0.1) is 0 Å². The van der Waals surface area contributed by atoms with Gasteiger partial charge in [-0.2, -0.15) is 0 Å². The third kappa shape index (κ3) is 3.06. The van der Waals surface area contributed by atoms with E-state index in [0.717, 1.165) is 13.3 Å². The zero-order chi connectivity index (χ0) is 25.4. The van der Waals surface area contributed by atoms with E-state index in [2.05, 4.69) is 148 Å². The van der Waals surface area contributed by atoms with E-state index in [1.807, 2.05) is 0 Å². The summed E-state index contributed by atoms with van der Waals surface area (Å²) in [5.74, 6) is 0. The molecule has 4 heterocycles. The van der Waals surface area contributed by atoms with Crippen LogP contribution in [0.15, 0.2) is 110 Å². The summed E-state index contributed by atoms with van der Waals surface area (Å²) < 4.78 is 0. The SMILES string of the molecule is CN1C=CN(c2ccc3c(c2)N2B(c4ccccc4-3)c3ccccc3-c3ccc(N4C=CN(C)C4)cc32)C1. The Labute approximate surface area is 224 Å². The Morgan fingerprint density at radius 2 is 1.00 bits per heavy atom. The van der Waals surface area contributed by atoms with E-state index in [-0.39, 0.29) is 6.85 Å².